The fraction of sp³-hybridized carbons (Fsp3) is 0.750. The largest absolute Gasteiger partial charge is 0.332 e. The number of aryl methyl sites for hydroxylation is 1. The van der Waals surface area contributed by atoms with Gasteiger partial charge in [-0.05, 0) is 18.8 Å². The van der Waals surface area contributed by atoms with Crippen molar-refractivity contribution >= 4 is 10.0 Å². The highest BCUT2D eigenvalue weighted by Gasteiger charge is 2.37. The summed E-state index contributed by atoms with van der Waals surface area (Å²) in [6.07, 6.45) is 4.04. The number of H-pyrrole nitrogens is 1. The van der Waals surface area contributed by atoms with Crippen LogP contribution in [0, 0.1) is 5.92 Å². The number of hydrogen-bond donors (Lipinski definition) is 1. The predicted octanol–water partition coefficient (Wildman–Crippen LogP) is 1.78. The van der Waals surface area contributed by atoms with Gasteiger partial charge in [0.25, 0.3) is 10.0 Å². The molecule has 1 fully saturated rings. The molecule has 2 heterocycles. The fourth-order valence-electron chi connectivity index (χ4n) is 2.51. The number of rotatable bonds is 4. The van der Waals surface area contributed by atoms with Gasteiger partial charge in [-0.2, -0.15) is 4.31 Å². The first kappa shape index (κ1) is 13.5. The lowest BCUT2D eigenvalue weighted by atomic mass is 10.0. The maximum absolute atomic E-state index is 12.5. The molecule has 1 aliphatic heterocycles. The van der Waals surface area contributed by atoms with E-state index in [0.29, 0.717) is 24.7 Å². The SMILES string of the molecule is CCc1ncc(S(=O)(=O)N2CCCC2C(C)C)[nH]1. The molecule has 0 bridgehead atoms. The van der Waals surface area contributed by atoms with Crippen LogP contribution in [0.15, 0.2) is 11.2 Å². The maximum Gasteiger partial charge on any atom is 0.260 e. The smallest absolute Gasteiger partial charge is 0.260 e. The monoisotopic (exact) mass is 271 g/mol. The highest BCUT2D eigenvalue weighted by Crippen LogP contribution is 2.29. The molecule has 0 spiro atoms. The molecule has 2 rings (SSSR count). The van der Waals surface area contributed by atoms with Crippen molar-refractivity contribution in [3.63, 3.8) is 0 Å². The quantitative estimate of drug-likeness (QED) is 0.907. The molecule has 0 aliphatic carbocycles. The summed E-state index contributed by atoms with van der Waals surface area (Å²) in [5, 5.41) is 0.229. The van der Waals surface area contributed by atoms with Crippen LogP contribution in [0.25, 0.3) is 0 Å². The molecule has 1 unspecified atom stereocenters. The van der Waals surface area contributed by atoms with Gasteiger partial charge in [0.05, 0.1) is 6.20 Å². The molecule has 1 N–H and O–H groups in total. The van der Waals surface area contributed by atoms with E-state index in [4.69, 9.17) is 0 Å². The van der Waals surface area contributed by atoms with Crippen LogP contribution in [0.5, 0.6) is 0 Å². The first-order valence-corrected chi connectivity index (χ1v) is 7.96. The molecule has 0 saturated carbocycles. The lowest BCUT2D eigenvalue weighted by Gasteiger charge is -2.26. The van der Waals surface area contributed by atoms with Crippen LogP contribution < -0.4 is 0 Å². The minimum atomic E-state index is -3.41. The van der Waals surface area contributed by atoms with E-state index in [1.807, 2.05) is 6.92 Å². The van der Waals surface area contributed by atoms with Crippen LogP contribution in [0.1, 0.15) is 39.4 Å². The van der Waals surface area contributed by atoms with E-state index in [2.05, 4.69) is 23.8 Å². The Morgan fingerprint density at radius 2 is 2.28 bits per heavy atom. The third kappa shape index (κ3) is 2.31. The van der Waals surface area contributed by atoms with E-state index in [1.165, 1.54) is 6.20 Å². The van der Waals surface area contributed by atoms with E-state index in [-0.39, 0.29) is 11.1 Å². The van der Waals surface area contributed by atoms with Crippen LogP contribution in [-0.2, 0) is 16.4 Å². The molecule has 1 aliphatic rings. The molecular weight excluding hydrogens is 250 g/mol. The predicted molar refractivity (Wildman–Crippen MR) is 69.7 cm³/mol. The van der Waals surface area contributed by atoms with E-state index in [1.54, 1.807) is 4.31 Å². The van der Waals surface area contributed by atoms with Crippen molar-refractivity contribution in [2.24, 2.45) is 5.92 Å². The molecule has 1 aromatic heterocycles. The van der Waals surface area contributed by atoms with Crippen molar-refractivity contribution in [1.82, 2.24) is 14.3 Å². The van der Waals surface area contributed by atoms with Gasteiger partial charge < -0.3 is 4.98 Å². The summed E-state index contributed by atoms with van der Waals surface area (Å²) in [6.45, 7) is 6.71. The lowest BCUT2D eigenvalue weighted by molar-refractivity contribution is 0.315. The Bertz CT molecular complexity index is 507. The molecule has 102 valence electrons. The summed E-state index contributed by atoms with van der Waals surface area (Å²) in [4.78, 5) is 6.98. The molecule has 5 nitrogen and oxygen atoms in total. The van der Waals surface area contributed by atoms with E-state index < -0.39 is 10.0 Å². The molecule has 1 atom stereocenters. The Balaban J connectivity index is 2.30. The Labute approximate surface area is 109 Å². The van der Waals surface area contributed by atoms with Crippen LogP contribution in [0.2, 0.25) is 0 Å². The topological polar surface area (TPSA) is 66.1 Å². The van der Waals surface area contributed by atoms with Crippen molar-refractivity contribution in [3.8, 4) is 0 Å². The zero-order valence-electron chi connectivity index (χ0n) is 11.2. The van der Waals surface area contributed by atoms with Gasteiger partial charge in [-0.1, -0.05) is 20.8 Å². The first-order chi connectivity index (χ1) is 8.46. The second kappa shape index (κ2) is 5.01. The number of hydrogen-bond acceptors (Lipinski definition) is 3. The minimum Gasteiger partial charge on any atom is -0.332 e. The van der Waals surface area contributed by atoms with Gasteiger partial charge >= 0.3 is 0 Å². The molecule has 18 heavy (non-hydrogen) atoms. The molecule has 1 saturated heterocycles. The molecule has 1 aromatic rings. The Morgan fingerprint density at radius 3 is 2.83 bits per heavy atom. The third-order valence-corrected chi connectivity index (χ3v) is 5.38. The van der Waals surface area contributed by atoms with E-state index >= 15 is 0 Å². The summed E-state index contributed by atoms with van der Waals surface area (Å²) in [5.41, 5.74) is 0. The fourth-order valence-corrected chi connectivity index (χ4v) is 4.27. The van der Waals surface area contributed by atoms with E-state index in [0.717, 1.165) is 12.8 Å². The minimum absolute atomic E-state index is 0.114. The molecule has 6 heteroatoms. The summed E-state index contributed by atoms with van der Waals surface area (Å²) in [5.74, 6) is 1.06. The second-order valence-corrected chi connectivity index (χ2v) is 6.98. The normalized spacial score (nSPS) is 21.9. The molecular formula is C12H21N3O2S. The van der Waals surface area contributed by atoms with Gasteiger partial charge in [-0.3, -0.25) is 0 Å². The van der Waals surface area contributed by atoms with Crippen LogP contribution in [0.4, 0.5) is 0 Å². The van der Waals surface area contributed by atoms with Crippen molar-refractivity contribution < 1.29 is 8.42 Å². The highest BCUT2D eigenvalue weighted by atomic mass is 32.2. The number of imidazole rings is 1. The number of nitrogens with one attached hydrogen (secondary N) is 1. The highest BCUT2D eigenvalue weighted by molar-refractivity contribution is 7.89. The van der Waals surface area contributed by atoms with Crippen LogP contribution >= 0.6 is 0 Å². The standard InChI is InChI=1S/C12H21N3O2S/c1-4-11-13-8-12(14-11)18(16,17)15-7-5-6-10(15)9(2)3/h8-10H,4-7H2,1-3H3,(H,13,14). The van der Waals surface area contributed by atoms with Gasteiger partial charge in [-0.25, -0.2) is 13.4 Å². The third-order valence-electron chi connectivity index (χ3n) is 3.54. The van der Waals surface area contributed by atoms with Crippen LogP contribution in [0.3, 0.4) is 0 Å². The van der Waals surface area contributed by atoms with E-state index in [9.17, 15) is 8.42 Å². The summed E-state index contributed by atoms with van der Waals surface area (Å²) < 4.78 is 26.7. The van der Waals surface area contributed by atoms with Crippen LogP contribution in [-0.4, -0.2) is 35.3 Å². The Hall–Kier alpha value is -0.880. The molecule has 0 aromatic carbocycles. The van der Waals surface area contributed by atoms with Gasteiger partial charge in [0.2, 0.25) is 0 Å². The number of sulfonamides is 1. The second-order valence-electron chi connectivity index (χ2n) is 5.12. The Morgan fingerprint density at radius 1 is 1.56 bits per heavy atom. The van der Waals surface area contributed by atoms with Crippen molar-refractivity contribution in [2.75, 3.05) is 6.54 Å². The average Bonchev–Trinajstić information content (AvgIpc) is 2.98. The average molecular weight is 271 g/mol. The number of aromatic amines is 1. The molecule has 0 radical (unpaired) electrons. The van der Waals surface area contributed by atoms with Gasteiger partial charge in [0, 0.05) is 19.0 Å². The number of nitrogens with zero attached hydrogens (tertiary/aromatic N) is 2. The zero-order chi connectivity index (χ0) is 13.3. The van der Waals surface area contributed by atoms with Crippen molar-refractivity contribution in [2.45, 2.75) is 51.1 Å². The molecule has 0 amide bonds. The lowest BCUT2D eigenvalue weighted by Crippen LogP contribution is -2.38. The summed E-state index contributed by atoms with van der Waals surface area (Å²) >= 11 is 0. The number of aromatic nitrogens is 2. The zero-order valence-corrected chi connectivity index (χ0v) is 12.0. The summed E-state index contributed by atoms with van der Waals surface area (Å²) in [7, 11) is -3.41. The van der Waals surface area contributed by atoms with Crippen molar-refractivity contribution in [1.29, 1.82) is 0 Å². The van der Waals surface area contributed by atoms with Crippen molar-refractivity contribution in [3.05, 3.63) is 12.0 Å². The first-order valence-electron chi connectivity index (χ1n) is 6.52. The Kier molecular flexibility index (Phi) is 3.77. The summed E-state index contributed by atoms with van der Waals surface area (Å²) in [6, 6.07) is 0.114. The van der Waals surface area contributed by atoms with Gasteiger partial charge in [-0.15, -0.1) is 0 Å². The van der Waals surface area contributed by atoms with Gasteiger partial charge in [0.15, 0.2) is 5.03 Å². The van der Waals surface area contributed by atoms with Gasteiger partial charge in [0.1, 0.15) is 5.82 Å². The maximum atomic E-state index is 12.5.